The molecule has 0 saturated carbocycles. The molecule has 0 fully saturated rings. The van der Waals surface area contributed by atoms with Gasteiger partial charge in [0.05, 0.1) is 12.0 Å². The number of carbonyl (C=O) groups is 1. The molecule has 2 rings (SSSR count). The first kappa shape index (κ1) is 18.0. The van der Waals surface area contributed by atoms with Gasteiger partial charge in [-0.15, -0.1) is 0 Å². The van der Waals surface area contributed by atoms with Gasteiger partial charge < -0.3 is 15.3 Å². The Balaban J connectivity index is 1.96. The maximum absolute atomic E-state index is 12.2. The molecule has 0 aliphatic heterocycles. The molecule has 0 aliphatic rings. The molecule has 24 heavy (non-hydrogen) atoms. The van der Waals surface area contributed by atoms with Gasteiger partial charge in [-0.3, -0.25) is 4.79 Å². The number of hydrogen-bond acceptors (Lipinski definition) is 3. The Bertz CT molecular complexity index is 694. The lowest BCUT2D eigenvalue weighted by atomic mass is 9.92. The number of amides is 1. The molecule has 2 N–H and O–H groups in total. The van der Waals surface area contributed by atoms with Crippen LogP contribution in [0.4, 0.5) is 5.69 Å². The normalized spacial score (nSPS) is 13.2. The second-order valence-corrected chi connectivity index (χ2v) is 6.60. The first-order valence-corrected chi connectivity index (χ1v) is 8.11. The van der Waals surface area contributed by atoms with Gasteiger partial charge in [0.1, 0.15) is 0 Å². The van der Waals surface area contributed by atoms with E-state index in [1.165, 1.54) is 0 Å². The molecule has 4 heteroatoms. The van der Waals surface area contributed by atoms with Gasteiger partial charge in [0.15, 0.2) is 0 Å². The Morgan fingerprint density at radius 1 is 1.17 bits per heavy atom. The highest BCUT2D eigenvalue weighted by molar-refractivity contribution is 5.77. The minimum Gasteiger partial charge on any atom is -0.385 e. The largest absolute Gasteiger partial charge is 0.385 e. The number of anilines is 1. The van der Waals surface area contributed by atoms with Crippen LogP contribution in [0.2, 0.25) is 0 Å². The number of nitrogens with zero attached hydrogens (tertiary/aromatic N) is 1. The van der Waals surface area contributed by atoms with Crippen LogP contribution in [0.25, 0.3) is 0 Å². The van der Waals surface area contributed by atoms with Crippen LogP contribution < -0.4 is 10.2 Å². The summed E-state index contributed by atoms with van der Waals surface area (Å²) in [5.41, 5.74) is 2.92. The van der Waals surface area contributed by atoms with Crippen molar-refractivity contribution in [3.05, 3.63) is 65.2 Å². The van der Waals surface area contributed by atoms with Crippen molar-refractivity contribution in [2.75, 3.05) is 19.0 Å². The van der Waals surface area contributed by atoms with E-state index in [9.17, 15) is 9.90 Å². The van der Waals surface area contributed by atoms with Crippen LogP contribution in [0.1, 0.15) is 30.0 Å². The lowest BCUT2D eigenvalue weighted by Crippen LogP contribution is -2.32. The average Bonchev–Trinajstić information content (AvgIpc) is 2.54. The second kappa shape index (κ2) is 7.49. The van der Waals surface area contributed by atoms with E-state index in [-0.39, 0.29) is 12.3 Å². The fourth-order valence-electron chi connectivity index (χ4n) is 2.62. The SMILES string of the molecule is Cc1cc(N(C)C)ccc1CNC(=O)CC(C)(O)c1ccccc1. The molecule has 0 spiro atoms. The van der Waals surface area contributed by atoms with Gasteiger partial charge in [-0.25, -0.2) is 0 Å². The van der Waals surface area contributed by atoms with E-state index in [1.807, 2.05) is 68.4 Å². The molecule has 0 heterocycles. The van der Waals surface area contributed by atoms with Gasteiger partial charge in [0.25, 0.3) is 0 Å². The van der Waals surface area contributed by atoms with Crippen molar-refractivity contribution < 1.29 is 9.90 Å². The molecular formula is C20H26N2O2. The smallest absolute Gasteiger partial charge is 0.223 e. The van der Waals surface area contributed by atoms with Gasteiger partial charge in [-0.2, -0.15) is 0 Å². The fourth-order valence-corrected chi connectivity index (χ4v) is 2.62. The molecular weight excluding hydrogens is 300 g/mol. The topological polar surface area (TPSA) is 52.6 Å². The van der Waals surface area contributed by atoms with Gasteiger partial charge >= 0.3 is 0 Å². The summed E-state index contributed by atoms with van der Waals surface area (Å²) in [7, 11) is 4.00. The number of benzene rings is 2. The molecule has 2 aromatic carbocycles. The summed E-state index contributed by atoms with van der Waals surface area (Å²) < 4.78 is 0. The number of aryl methyl sites for hydroxylation is 1. The Hall–Kier alpha value is -2.33. The Morgan fingerprint density at radius 3 is 2.42 bits per heavy atom. The molecule has 1 amide bonds. The first-order chi connectivity index (χ1) is 11.3. The summed E-state index contributed by atoms with van der Waals surface area (Å²) in [4.78, 5) is 14.3. The lowest BCUT2D eigenvalue weighted by molar-refractivity contribution is -0.126. The fraction of sp³-hybridized carbons (Fsp3) is 0.350. The summed E-state index contributed by atoms with van der Waals surface area (Å²) >= 11 is 0. The Morgan fingerprint density at radius 2 is 1.83 bits per heavy atom. The highest BCUT2D eigenvalue weighted by Crippen LogP contribution is 2.24. The monoisotopic (exact) mass is 326 g/mol. The van der Waals surface area contributed by atoms with Crippen LogP contribution in [0.3, 0.4) is 0 Å². The zero-order chi connectivity index (χ0) is 17.7. The van der Waals surface area contributed by atoms with E-state index in [4.69, 9.17) is 0 Å². The molecule has 0 aromatic heterocycles. The quantitative estimate of drug-likeness (QED) is 0.858. The van der Waals surface area contributed by atoms with Gasteiger partial charge in [-0.05, 0) is 42.7 Å². The van der Waals surface area contributed by atoms with E-state index in [1.54, 1.807) is 6.92 Å². The maximum Gasteiger partial charge on any atom is 0.223 e. The number of rotatable bonds is 6. The number of carbonyl (C=O) groups excluding carboxylic acids is 1. The highest BCUT2D eigenvalue weighted by atomic mass is 16.3. The zero-order valence-electron chi connectivity index (χ0n) is 14.8. The summed E-state index contributed by atoms with van der Waals surface area (Å²) in [5.74, 6) is -0.167. The van der Waals surface area contributed by atoms with Crippen LogP contribution >= 0.6 is 0 Å². The summed E-state index contributed by atoms with van der Waals surface area (Å²) in [5, 5.41) is 13.4. The summed E-state index contributed by atoms with van der Waals surface area (Å²) in [6.45, 7) is 4.16. The third-order valence-electron chi connectivity index (χ3n) is 4.22. The molecule has 2 aromatic rings. The van der Waals surface area contributed by atoms with Crippen molar-refractivity contribution >= 4 is 11.6 Å². The van der Waals surface area contributed by atoms with Gasteiger partial charge in [0, 0.05) is 26.3 Å². The minimum atomic E-state index is -1.17. The summed E-state index contributed by atoms with van der Waals surface area (Å²) in [6, 6.07) is 15.4. The van der Waals surface area contributed by atoms with Crippen molar-refractivity contribution in [3.8, 4) is 0 Å². The maximum atomic E-state index is 12.2. The number of nitrogens with one attached hydrogen (secondary N) is 1. The Labute approximate surface area is 144 Å². The number of hydrogen-bond donors (Lipinski definition) is 2. The predicted molar refractivity (Wildman–Crippen MR) is 98.0 cm³/mol. The van der Waals surface area contributed by atoms with E-state index >= 15 is 0 Å². The predicted octanol–water partition coefficient (Wildman–Crippen LogP) is 2.98. The van der Waals surface area contributed by atoms with E-state index in [0.29, 0.717) is 6.54 Å². The molecule has 0 saturated heterocycles. The third-order valence-corrected chi connectivity index (χ3v) is 4.22. The number of aliphatic hydroxyl groups is 1. The summed E-state index contributed by atoms with van der Waals surface area (Å²) in [6.07, 6.45) is 0.0336. The highest BCUT2D eigenvalue weighted by Gasteiger charge is 2.26. The lowest BCUT2D eigenvalue weighted by Gasteiger charge is -2.23. The van der Waals surface area contributed by atoms with Crippen LogP contribution in [-0.4, -0.2) is 25.1 Å². The van der Waals surface area contributed by atoms with Gasteiger partial charge in [0.2, 0.25) is 5.91 Å². The second-order valence-electron chi connectivity index (χ2n) is 6.60. The van der Waals surface area contributed by atoms with Gasteiger partial charge in [-0.1, -0.05) is 36.4 Å². The first-order valence-electron chi connectivity index (χ1n) is 8.11. The molecule has 0 bridgehead atoms. The molecule has 1 atom stereocenters. The van der Waals surface area contributed by atoms with Crippen LogP contribution in [0.5, 0.6) is 0 Å². The molecule has 0 radical (unpaired) electrons. The molecule has 0 aliphatic carbocycles. The van der Waals surface area contributed by atoms with Crippen LogP contribution in [-0.2, 0) is 16.9 Å². The molecule has 128 valence electrons. The van der Waals surface area contributed by atoms with Crippen molar-refractivity contribution in [1.29, 1.82) is 0 Å². The van der Waals surface area contributed by atoms with Crippen LogP contribution in [0.15, 0.2) is 48.5 Å². The minimum absolute atomic E-state index is 0.0336. The third kappa shape index (κ3) is 4.59. The van der Waals surface area contributed by atoms with Crippen molar-refractivity contribution in [2.24, 2.45) is 0 Å². The standard InChI is InChI=1S/C20H26N2O2/c1-15-12-18(22(3)4)11-10-16(15)14-21-19(23)13-20(2,24)17-8-6-5-7-9-17/h5-12,24H,13-14H2,1-4H3,(H,21,23). The van der Waals surface area contributed by atoms with E-state index in [0.717, 1.165) is 22.4 Å². The van der Waals surface area contributed by atoms with Crippen molar-refractivity contribution in [2.45, 2.75) is 32.4 Å². The van der Waals surface area contributed by atoms with Crippen molar-refractivity contribution in [3.63, 3.8) is 0 Å². The van der Waals surface area contributed by atoms with Crippen molar-refractivity contribution in [1.82, 2.24) is 5.32 Å². The Kier molecular flexibility index (Phi) is 5.62. The van der Waals surface area contributed by atoms with Crippen LogP contribution in [0, 0.1) is 6.92 Å². The molecule has 4 nitrogen and oxygen atoms in total. The van der Waals surface area contributed by atoms with E-state index < -0.39 is 5.60 Å². The zero-order valence-corrected chi connectivity index (χ0v) is 14.8. The average molecular weight is 326 g/mol. The van der Waals surface area contributed by atoms with E-state index in [2.05, 4.69) is 11.4 Å². The molecule has 1 unspecified atom stereocenters.